The van der Waals surface area contributed by atoms with Gasteiger partial charge < -0.3 is 19.9 Å². The van der Waals surface area contributed by atoms with Gasteiger partial charge in [0.1, 0.15) is 5.82 Å². The number of hydrogen-bond donors (Lipinski definition) is 1. The van der Waals surface area contributed by atoms with Gasteiger partial charge in [-0.3, -0.25) is 9.59 Å². The Morgan fingerprint density at radius 2 is 1.89 bits per heavy atom. The van der Waals surface area contributed by atoms with E-state index in [4.69, 9.17) is 4.74 Å². The fourth-order valence-electron chi connectivity index (χ4n) is 3.59. The summed E-state index contributed by atoms with van der Waals surface area (Å²) in [4.78, 5) is 39.3. The van der Waals surface area contributed by atoms with Crippen molar-refractivity contribution in [3.05, 3.63) is 30.1 Å². The molecule has 1 aromatic carbocycles. The SMILES string of the molecule is COC(=O)N1CCC(CNC(=O)[C@@H]2CC(=O)N(c3ccc(F)cc3)C2)CC1. The van der Waals surface area contributed by atoms with E-state index in [2.05, 4.69) is 5.32 Å². The number of ether oxygens (including phenoxy) is 1. The third-order valence-corrected chi connectivity index (χ3v) is 5.25. The topological polar surface area (TPSA) is 79.0 Å². The molecule has 1 aromatic rings. The molecule has 0 saturated carbocycles. The van der Waals surface area contributed by atoms with Crippen molar-refractivity contribution < 1.29 is 23.5 Å². The fraction of sp³-hybridized carbons (Fsp3) is 0.526. The normalized spacial score (nSPS) is 20.7. The van der Waals surface area contributed by atoms with Crippen LogP contribution < -0.4 is 10.2 Å². The fourth-order valence-corrected chi connectivity index (χ4v) is 3.59. The summed E-state index contributed by atoms with van der Waals surface area (Å²) < 4.78 is 17.8. The number of anilines is 1. The van der Waals surface area contributed by atoms with Crippen molar-refractivity contribution in [1.29, 1.82) is 0 Å². The van der Waals surface area contributed by atoms with Crippen LogP contribution in [0.5, 0.6) is 0 Å². The molecule has 2 saturated heterocycles. The summed E-state index contributed by atoms with van der Waals surface area (Å²) >= 11 is 0. The number of piperidine rings is 1. The number of likely N-dealkylation sites (tertiary alicyclic amines) is 1. The van der Waals surface area contributed by atoms with Gasteiger partial charge in [-0.1, -0.05) is 0 Å². The van der Waals surface area contributed by atoms with E-state index in [9.17, 15) is 18.8 Å². The minimum atomic E-state index is -0.405. The van der Waals surface area contributed by atoms with Crippen molar-refractivity contribution >= 4 is 23.6 Å². The van der Waals surface area contributed by atoms with Gasteiger partial charge in [0.15, 0.2) is 0 Å². The van der Waals surface area contributed by atoms with Crippen LogP contribution in [0.3, 0.4) is 0 Å². The Morgan fingerprint density at radius 3 is 2.52 bits per heavy atom. The molecule has 7 nitrogen and oxygen atoms in total. The number of carbonyl (C=O) groups excluding carboxylic acids is 3. The van der Waals surface area contributed by atoms with Gasteiger partial charge in [0, 0.05) is 38.3 Å². The third-order valence-electron chi connectivity index (χ3n) is 5.25. The van der Waals surface area contributed by atoms with Crippen LogP contribution in [0, 0.1) is 17.7 Å². The maximum atomic E-state index is 13.0. The maximum Gasteiger partial charge on any atom is 0.409 e. The molecule has 146 valence electrons. The molecule has 2 heterocycles. The third kappa shape index (κ3) is 4.56. The highest BCUT2D eigenvalue weighted by Gasteiger charge is 2.35. The first-order chi connectivity index (χ1) is 13.0. The highest BCUT2D eigenvalue weighted by Crippen LogP contribution is 2.25. The number of methoxy groups -OCH3 is 1. The molecule has 0 bridgehead atoms. The van der Waals surface area contributed by atoms with Crippen LogP contribution in [0.15, 0.2) is 24.3 Å². The lowest BCUT2D eigenvalue weighted by Gasteiger charge is -2.31. The van der Waals surface area contributed by atoms with Crippen molar-refractivity contribution in [3.63, 3.8) is 0 Å². The zero-order chi connectivity index (χ0) is 19.4. The van der Waals surface area contributed by atoms with E-state index in [0.717, 1.165) is 12.8 Å². The van der Waals surface area contributed by atoms with Crippen molar-refractivity contribution in [1.82, 2.24) is 10.2 Å². The monoisotopic (exact) mass is 377 g/mol. The average Bonchev–Trinajstić information content (AvgIpc) is 3.08. The molecule has 0 aromatic heterocycles. The Labute approximate surface area is 157 Å². The molecule has 0 unspecified atom stereocenters. The Hall–Kier alpha value is -2.64. The van der Waals surface area contributed by atoms with Crippen molar-refractivity contribution in [2.24, 2.45) is 11.8 Å². The minimum Gasteiger partial charge on any atom is -0.453 e. The Bertz CT molecular complexity index is 701. The van der Waals surface area contributed by atoms with Crippen molar-refractivity contribution in [2.45, 2.75) is 19.3 Å². The van der Waals surface area contributed by atoms with Crippen LogP contribution in [-0.4, -0.2) is 56.1 Å². The summed E-state index contributed by atoms with van der Waals surface area (Å²) in [7, 11) is 1.37. The quantitative estimate of drug-likeness (QED) is 0.867. The van der Waals surface area contributed by atoms with Crippen LogP contribution in [-0.2, 0) is 14.3 Å². The molecular weight excluding hydrogens is 353 g/mol. The van der Waals surface area contributed by atoms with Crippen molar-refractivity contribution in [3.8, 4) is 0 Å². The molecule has 8 heteroatoms. The first kappa shape index (κ1) is 19.1. The molecular formula is C19H24FN3O4. The van der Waals surface area contributed by atoms with Crippen molar-refractivity contribution in [2.75, 3.05) is 38.2 Å². The van der Waals surface area contributed by atoms with Gasteiger partial charge in [-0.05, 0) is 43.0 Å². The molecule has 3 amide bonds. The van der Waals surface area contributed by atoms with Gasteiger partial charge in [-0.2, -0.15) is 0 Å². The van der Waals surface area contributed by atoms with E-state index in [0.29, 0.717) is 37.8 Å². The van der Waals surface area contributed by atoms with Crippen LogP contribution in [0.25, 0.3) is 0 Å². The smallest absolute Gasteiger partial charge is 0.409 e. The van der Waals surface area contributed by atoms with Gasteiger partial charge in [0.2, 0.25) is 11.8 Å². The summed E-state index contributed by atoms with van der Waals surface area (Å²) in [5.74, 6) is -0.729. The van der Waals surface area contributed by atoms with E-state index in [-0.39, 0.29) is 30.1 Å². The van der Waals surface area contributed by atoms with Gasteiger partial charge in [0.25, 0.3) is 0 Å². The Morgan fingerprint density at radius 1 is 1.22 bits per heavy atom. The molecule has 2 aliphatic heterocycles. The number of halogens is 1. The molecule has 3 rings (SSSR count). The standard InChI is InChI=1S/C19H24FN3O4/c1-27-19(26)22-8-6-13(7-9-22)11-21-18(25)14-10-17(24)23(12-14)16-4-2-15(20)3-5-16/h2-5,13-14H,6-12H2,1H3,(H,21,25)/t14-/m1/s1. The second-order valence-corrected chi connectivity index (χ2v) is 7.03. The molecule has 0 spiro atoms. The second kappa shape index (κ2) is 8.37. The lowest BCUT2D eigenvalue weighted by Crippen LogP contribution is -2.42. The lowest BCUT2D eigenvalue weighted by atomic mass is 9.96. The zero-order valence-electron chi connectivity index (χ0n) is 15.3. The molecule has 1 atom stereocenters. The molecule has 2 fully saturated rings. The van der Waals surface area contributed by atoms with E-state index in [1.807, 2.05) is 0 Å². The average molecular weight is 377 g/mol. The van der Waals surface area contributed by atoms with Gasteiger partial charge in [-0.15, -0.1) is 0 Å². The predicted octanol–water partition coefficient (Wildman–Crippen LogP) is 1.77. The molecule has 0 radical (unpaired) electrons. The van der Waals surface area contributed by atoms with E-state index in [1.165, 1.54) is 24.1 Å². The van der Waals surface area contributed by atoms with Crippen LogP contribution in [0.1, 0.15) is 19.3 Å². The Balaban J connectivity index is 1.46. The molecule has 0 aliphatic carbocycles. The largest absolute Gasteiger partial charge is 0.453 e. The molecule has 27 heavy (non-hydrogen) atoms. The highest BCUT2D eigenvalue weighted by molar-refractivity contribution is 6.00. The summed E-state index contributed by atoms with van der Waals surface area (Å²) in [6, 6.07) is 5.69. The van der Waals surface area contributed by atoms with Gasteiger partial charge in [0.05, 0.1) is 13.0 Å². The number of amides is 3. The van der Waals surface area contributed by atoms with Crippen LogP contribution in [0.4, 0.5) is 14.9 Å². The molecule has 1 N–H and O–H groups in total. The summed E-state index contributed by atoms with van der Waals surface area (Å²) in [6.07, 6.45) is 1.45. The summed E-state index contributed by atoms with van der Waals surface area (Å²) in [5.41, 5.74) is 0.604. The van der Waals surface area contributed by atoms with E-state index >= 15 is 0 Å². The number of nitrogens with zero attached hydrogens (tertiary/aromatic N) is 2. The van der Waals surface area contributed by atoms with E-state index < -0.39 is 5.92 Å². The first-order valence-corrected chi connectivity index (χ1v) is 9.14. The zero-order valence-corrected chi connectivity index (χ0v) is 15.3. The molecule has 2 aliphatic rings. The highest BCUT2D eigenvalue weighted by atomic mass is 19.1. The predicted molar refractivity (Wildman–Crippen MR) is 96.6 cm³/mol. The lowest BCUT2D eigenvalue weighted by molar-refractivity contribution is -0.126. The first-order valence-electron chi connectivity index (χ1n) is 9.14. The van der Waals surface area contributed by atoms with Gasteiger partial charge >= 0.3 is 6.09 Å². The van der Waals surface area contributed by atoms with Gasteiger partial charge in [-0.25, -0.2) is 9.18 Å². The summed E-state index contributed by atoms with van der Waals surface area (Å²) in [5, 5.41) is 2.94. The van der Waals surface area contributed by atoms with Crippen LogP contribution in [0.2, 0.25) is 0 Å². The number of carbonyl (C=O) groups is 3. The number of hydrogen-bond acceptors (Lipinski definition) is 4. The van der Waals surface area contributed by atoms with Crippen LogP contribution >= 0.6 is 0 Å². The van der Waals surface area contributed by atoms with E-state index in [1.54, 1.807) is 17.0 Å². The number of nitrogens with one attached hydrogen (secondary N) is 1. The number of rotatable bonds is 4. The minimum absolute atomic E-state index is 0.131. The maximum absolute atomic E-state index is 13.0. The summed E-state index contributed by atoms with van der Waals surface area (Å²) in [6.45, 7) is 2.08. The Kier molecular flexibility index (Phi) is 5.93. The number of benzene rings is 1. The second-order valence-electron chi connectivity index (χ2n) is 7.03.